The summed E-state index contributed by atoms with van der Waals surface area (Å²) in [6.45, 7) is 2.46. The number of rotatable bonds is 3. The van der Waals surface area contributed by atoms with Gasteiger partial charge in [0.2, 0.25) is 0 Å². The van der Waals surface area contributed by atoms with Gasteiger partial charge >= 0.3 is 0 Å². The Morgan fingerprint density at radius 2 is 2.25 bits per heavy atom. The third kappa shape index (κ3) is 2.41. The van der Waals surface area contributed by atoms with Crippen molar-refractivity contribution in [1.29, 1.82) is 0 Å². The molecule has 1 heterocycles. The summed E-state index contributed by atoms with van der Waals surface area (Å²) in [4.78, 5) is 0. The van der Waals surface area contributed by atoms with E-state index in [0.717, 1.165) is 21.6 Å². The van der Waals surface area contributed by atoms with Gasteiger partial charge in [-0.15, -0.1) is 10.2 Å². The first kappa shape index (κ1) is 11.1. The van der Waals surface area contributed by atoms with Crippen molar-refractivity contribution in [2.45, 2.75) is 13.5 Å². The molecule has 0 unspecified atom stereocenters. The first-order chi connectivity index (χ1) is 7.66. The van der Waals surface area contributed by atoms with Gasteiger partial charge in [0.05, 0.1) is 0 Å². The highest BCUT2D eigenvalue weighted by Crippen LogP contribution is 2.21. The Morgan fingerprint density at radius 3 is 2.88 bits per heavy atom. The molecule has 0 N–H and O–H groups in total. The van der Waals surface area contributed by atoms with Gasteiger partial charge in [0, 0.05) is 11.5 Å². The van der Waals surface area contributed by atoms with Gasteiger partial charge in [-0.3, -0.25) is 0 Å². The lowest BCUT2D eigenvalue weighted by Crippen LogP contribution is -2.03. The number of ether oxygens (including phenoxy) is 1. The van der Waals surface area contributed by atoms with Crippen LogP contribution < -0.4 is 4.74 Å². The van der Waals surface area contributed by atoms with E-state index in [4.69, 9.17) is 4.74 Å². The van der Waals surface area contributed by atoms with Crippen molar-refractivity contribution in [3.8, 4) is 5.75 Å². The van der Waals surface area contributed by atoms with E-state index in [1.165, 1.54) is 0 Å². The Morgan fingerprint density at radius 1 is 1.44 bits per heavy atom. The van der Waals surface area contributed by atoms with Crippen molar-refractivity contribution in [3.05, 3.63) is 40.4 Å². The number of aromatic nitrogens is 3. The second kappa shape index (κ2) is 4.65. The van der Waals surface area contributed by atoms with E-state index >= 15 is 0 Å². The van der Waals surface area contributed by atoms with Gasteiger partial charge in [-0.25, -0.2) is 0 Å². The van der Waals surface area contributed by atoms with Crippen LogP contribution in [-0.4, -0.2) is 14.8 Å². The molecule has 1 aromatic heterocycles. The van der Waals surface area contributed by atoms with Crippen LogP contribution in [0.5, 0.6) is 5.75 Å². The second-order valence-electron chi connectivity index (χ2n) is 3.56. The van der Waals surface area contributed by atoms with Gasteiger partial charge in [0.15, 0.2) is 5.82 Å². The summed E-state index contributed by atoms with van der Waals surface area (Å²) in [6, 6.07) is 5.88. The number of aryl methyl sites for hydroxylation is 2. The molecule has 0 saturated carbocycles. The second-order valence-corrected chi connectivity index (χ2v) is 4.41. The van der Waals surface area contributed by atoms with E-state index in [1.807, 2.05) is 36.7 Å². The number of halogens is 1. The summed E-state index contributed by atoms with van der Waals surface area (Å²) in [5, 5.41) is 7.74. The van der Waals surface area contributed by atoms with Gasteiger partial charge in [0.1, 0.15) is 18.7 Å². The zero-order valence-corrected chi connectivity index (χ0v) is 10.7. The fraction of sp³-hybridized carbons (Fsp3) is 0.273. The van der Waals surface area contributed by atoms with Crippen LogP contribution in [0.15, 0.2) is 29.0 Å². The standard InChI is InChI=1S/C11H12BrN3O/c1-8-5-9(3-4-10(8)12)16-6-11-14-13-7-15(11)2/h3-5,7H,6H2,1-2H3. The van der Waals surface area contributed by atoms with E-state index < -0.39 is 0 Å². The average Bonchev–Trinajstić information content (AvgIpc) is 2.66. The molecule has 0 atom stereocenters. The molecule has 2 rings (SSSR count). The predicted octanol–water partition coefficient (Wildman–Crippen LogP) is 2.47. The van der Waals surface area contributed by atoms with Crippen molar-refractivity contribution in [3.63, 3.8) is 0 Å². The Bertz CT molecular complexity index is 496. The zero-order valence-electron chi connectivity index (χ0n) is 9.14. The molecule has 0 bridgehead atoms. The summed E-state index contributed by atoms with van der Waals surface area (Å²) in [5.41, 5.74) is 1.15. The third-order valence-electron chi connectivity index (χ3n) is 2.30. The highest BCUT2D eigenvalue weighted by molar-refractivity contribution is 9.10. The van der Waals surface area contributed by atoms with Gasteiger partial charge in [-0.1, -0.05) is 15.9 Å². The molecule has 0 radical (unpaired) electrons. The minimum absolute atomic E-state index is 0.428. The number of hydrogen-bond acceptors (Lipinski definition) is 3. The SMILES string of the molecule is Cc1cc(OCc2nncn2C)ccc1Br. The summed E-state index contributed by atoms with van der Waals surface area (Å²) >= 11 is 3.45. The molecule has 4 nitrogen and oxygen atoms in total. The normalized spacial score (nSPS) is 10.4. The molecule has 0 aliphatic heterocycles. The molecular weight excluding hydrogens is 270 g/mol. The van der Waals surface area contributed by atoms with E-state index in [9.17, 15) is 0 Å². The highest BCUT2D eigenvalue weighted by atomic mass is 79.9. The van der Waals surface area contributed by atoms with Crippen LogP contribution in [0.3, 0.4) is 0 Å². The zero-order chi connectivity index (χ0) is 11.5. The smallest absolute Gasteiger partial charge is 0.170 e. The van der Waals surface area contributed by atoms with Crippen LogP contribution in [0.25, 0.3) is 0 Å². The average molecular weight is 282 g/mol. The van der Waals surface area contributed by atoms with Crippen LogP contribution >= 0.6 is 15.9 Å². The minimum Gasteiger partial charge on any atom is -0.486 e. The predicted molar refractivity (Wildman–Crippen MR) is 64.2 cm³/mol. The minimum atomic E-state index is 0.428. The van der Waals surface area contributed by atoms with Gasteiger partial charge in [0.25, 0.3) is 0 Å². The van der Waals surface area contributed by atoms with Crippen molar-refractivity contribution in [2.24, 2.45) is 7.05 Å². The first-order valence-corrected chi connectivity index (χ1v) is 5.68. The summed E-state index contributed by atoms with van der Waals surface area (Å²) < 4.78 is 8.54. The van der Waals surface area contributed by atoms with Crippen LogP contribution in [0.1, 0.15) is 11.4 Å². The van der Waals surface area contributed by atoms with Crippen molar-refractivity contribution in [1.82, 2.24) is 14.8 Å². The van der Waals surface area contributed by atoms with E-state index in [2.05, 4.69) is 26.1 Å². The lowest BCUT2D eigenvalue weighted by atomic mass is 10.2. The number of nitrogens with zero attached hydrogens (tertiary/aromatic N) is 3. The molecule has 84 valence electrons. The molecule has 1 aromatic carbocycles. The molecule has 0 fully saturated rings. The van der Waals surface area contributed by atoms with E-state index in [-0.39, 0.29) is 0 Å². The summed E-state index contributed by atoms with van der Waals surface area (Å²) in [7, 11) is 1.89. The van der Waals surface area contributed by atoms with Crippen LogP contribution in [-0.2, 0) is 13.7 Å². The number of hydrogen-bond donors (Lipinski definition) is 0. The van der Waals surface area contributed by atoms with Crippen molar-refractivity contribution in [2.75, 3.05) is 0 Å². The molecule has 0 aliphatic rings. The maximum absolute atomic E-state index is 5.62. The van der Waals surface area contributed by atoms with Gasteiger partial charge < -0.3 is 9.30 Å². The lowest BCUT2D eigenvalue weighted by Gasteiger charge is -2.07. The maximum atomic E-state index is 5.62. The Labute approximate surface area is 102 Å². The molecule has 5 heteroatoms. The summed E-state index contributed by atoms with van der Waals surface area (Å²) in [6.07, 6.45) is 1.66. The van der Waals surface area contributed by atoms with Crippen LogP contribution in [0, 0.1) is 6.92 Å². The van der Waals surface area contributed by atoms with Gasteiger partial charge in [-0.05, 0) is 30.7 Å². The van der Waals surface area contributed by atoms with Crippen molar-refractivity contribution < 1.29 is 4.74 Å². The summed E-state index contributed by atoms with van der Waals surface area (Å²) in [5.74, 6) is 1.64. The number of benzene rings is 1. The molecule has 0 aliphatic carbocycles. The Kier molecular flexibility index (Phi) is 3.24. The Hall–Kier alpha value is -1.36. The quantitative estimate of drug-likeness (QED) is 0.868. The Balaban J connectivity index is 2.05. The monoisotopic (exact) mass is 281 g/mol. The van der Waals surface area contributed by atoms with Crippen LogP contribution in [0.4, 0.5) is 0 Å². The topological polar surface area (TPSA) is 39.9 Å². The lowest BCUT2D eigenvalue weighted by molar-refractivity contribution is 0.291. The molecule has 0 saturated heterocycles. The molecule has 16 heavy (non-hydrogen) atoms. The highest BCUT2D eigenvalue weighted by Gasteiger charge is 2.02. The molecule has 0 amide bonds. The van der Waals surface area contributed by atoms with E-state index in [0.29, 0.717) is 6.61 Å². The molecule has 2 aromatic rings. The fourth-order valence-corrected chi connectivity index (χ4v) is 1.54. The first-order valence-electron chi connectivity index (χ1n) is 4.88. The van der Waals surface area contributed by atoms with Crippen molar-refractivity contribution >= 4 is 15.9 Å². The molecule has 0 spiro atoms. The third-order valence-corrected chi connectivity index (χ3v) is 3.19. The largest absolute Gasteiger partial charge is 0.486 e. The van der Waals surface area contributed by atoms with Gasteiger partial charge in [-0.2, -0.15) is 0 Å². The van der Waals surface area contributed by atoms with Crippen LogP contribution in [0.2, 0.25) is 0 Å². The maximum Gasteiger partial charge on any atom is 0.170 e. The fourth-order valence-electron chi connectivity index (χ4n) is 1.29. The molecular formula is C11H12BrN3O. The van der Waals surface area contributed by atoms with E-state index in [1.54, 1.807) is 6.33 Å².